The van der Waals surface area contributed by atoms with Gasteiger partial charge in [0.2, 0.25) is 21.8 Å². The fourth-order valence-corrected chi connectivity index (χ4v) is 7.27. The van der Waals surface area contributed by atoms with Crippen molar-refractivity contribution < 1.29 is 32.3 Å². The van der Waals surface area contributed by atoms with Gasteiger partial charge in [-0.15, -0.1) is 0 Å². The molecule has 2 aromatic carbocycles. The van der Waals surface area contributed by atoms with E-state index in [0.717, 1.165) is 10.5 Å². The Hall–Kier alpha value is -3.65. The van der Waals surface area contributed by atoms with Crippen molar-refractivity contribution in [1.29, 1.82) is 0 Å². The molecular formula is C28H31N5O7S. The van der Waals surface area contributed by atoms with Gasteiger partial charge in [0.1, 0.15) is 17.9 Å². The number of nitrogens with one attached hydrogen (secondary N) is 1. The minimum absolute atomic E-state index is 0.0324. The topological polar surface area (TPSA) is 159 Å². The van der Waals surface area contributed by atoms with Gasteiger partial charge in [-0.25, -0.2) is 8.42 Å². The first-order valence-electron chi connectivity index (χ1n) is 13.7. The minimum atomic E-state index is -3.62. The zero-order chi connectivity index (χ0) is 28.9. The number of benzene rings is 2. The number of imide groups is 2. The lowest BCUT2D eigenvalue weighted by atomic mass is 10.0. The van der Waals surface area contributed by atoms with Crippen molar-refractivity contribution >= 4 is 33.7 Å². The largest absolute Gasteiger partial charge is 0.488 e. The zero-order valence-corrected chi connectivity index (χ0v) is 23.1. The van der Waals surface area contributed by atoms with E-state index in [1.807, 2.05) is 0 Å². The number of fused-ring (bicyclic) bond motifs is 1. The second-order valence-corrected chi connectivity index (χ2v) is 12.9. The van der Waals surface area contributed by atoms with Gasteiger partial charge in [-0.1, -0.05) is 12.1 Å². The van der Waals surface area contributed by atoms with Gasteiger partial charge in [0.25, 0.3) is 11.8 Å². The lowest BCUT2D eigenvalue weighted by Gasteiger charge is -2.39. The highest BCUT2D eigenvalue weighted by molar-refractivity contribution is 7.89. The summed E-state index contributed by atoms with van der Waals surface area (Å²) >= 11 is 0. The molecule has 1 unspecified atom stereocenters. The number of ether oxygens (including phenoxy) is 1. The van der Waals surface area contributed by atoms with Crippen LogP contribution in [-0.2, 0) is 26.2 Å². The summed E-state index contributed by atoms with van der Waals surface area (Å²) in [5.41, 5.74) is 7.25. The summed E-state index contributed by atoms with van der Waals surface area (Å²) in [6.07, 6.45) is 1.34. The van der Waals surface area contributed by atoms with Crippen LogP contribution in [-0.4, -0.2) is 90.5 Å². The lowest BCUT2D eigenvalue weighted by molar-refractivity contribution is -0.136. The SMILES string of the molecule is NC1CCN(S(=O)(=O)c2cccc(OC3CN(Cc4ccc5c(c4)C(=O)N(C4CCC(=O)NC4=O)C5=O)C3)c2)CC1. The molecule has 3 N–H and O–H groups in total. The Bertz CT molecular complexity index is 1530. The van der Waals surface area contributed by atoms with Crippen LogP contribution in [0.2, 0.25) is 0 Å². The Morgan fingerprint density at radius 1 is 0.927 bits per heavy atom. The van der Waals surface area contributed by atoms with Gasteiger partial charge in [-0.3, -0.25) is 34.3 Å². The molecule has 4 heterocycles. The van der Waals surface area contributed by atoms with E-state index in [4.69, 9.17) is 10.5 Å². The summed E-state index contributed by atoms with van der Waals surface area (Å²) in [6, 6.07) is 10.7. The zero-order valence-electron chi connectivity index (χ0n) is 22.3. The van der Waals surface area contributed by atoms with E-state index in [0.29, 0.717) is 51.3 Å². The molecule has 4 aliphatic rings. The molecule has 3 saturated heterocycles. The smallest absolute Gasteiger partial charge is 0.262 e. The third-order valence-electron chi connectivity index (χ3n) is 8.08. The van der Waals surface area contributed by atoms with Gasteiger partial charge in [-0.05, 0) is 49.1 Å². The maximum absolute atomic E-state index is 13.1. The standard InChI is InChI=1S/C28H31N5O7S/c29-18-8-10-32(11-9-18)41(38,39)21-3-1-2-19(13-21)40-20-15-31(16-20)14-17-4-5-22-23(12-17)28(37)33(27(22)36)24-6-7-25(34)30-26(24)35/h1-5,12-13,18,20,24H,6-11,14-16,29H2,(H,30,34,35). The Balaban J connectivity index is 1.05. The highest BCUT2D eigenvalue weighted by Gasteiger charge is 2.44. The second kappa shape index (κ2) is 10.6. The van der Waals surface area contributed by atoms with Crippen LogP contribution in [0.5, 0.6) is 5.75 Å². The summed E-state index contributed by atoms with van der Waals surface area (Å²) in [5.74, 6) is -1.63. The summed E-state index contributed by atoms with van der Waals surface area (Å²) in [6.45, 7) is 2.55. The van der Waals surface area contributed by atoms with Gasteiger partial charge in [0.05, 0.1) is 16.0 Å². The number of likely N-dealkylation sites (tertiary alicyclic amines) is 1. The number of carbonyl (C=O) groups excluding carboxylic acids is 4. The molecule has 216 valence electrons. The van der Waals surface area contributed by atoms with Crippen LogP contribution >= 0.6 is 0 Å². The highest BCUT2D eigenvalue weighted by Crippen LogP contribution is 2.30. The molecular weight excluding hydrogens is 550 g/mol. The van der Waals surface area contributed by atoms with Gasteiger partial charge in [-0.2, -0.15) is 4.31 Å². The van der Waals surface area contributed by atoms with Crippen LogP contribution < -0.4 is 15.8 Å². The summed E-state index contributed by atoms with van der Waals surface area (Å²) in [7, 11) is -3.62. The maximum Gasteiger partial charge on any atom is 0.262 e. The van der Waals surface area contributed by atoms with Crippen molar-refractivity contribution in [3.63, 3.8) is 0 Å². The minimum Gasteiger partial charge on any atom is -0.488 e. The van der Waals surface area contributed by atoms with Crippen molar-refractivity contribution in [2.45, 2.75) is 55.3 Å². The van der Waals surface area contributed by atoms with Crippen LogP contribution in [0.4, 0.5) is 0 Å². The average Bonchev–Trinajstić information content (AvgIpc) is 3.17. The average molecular weight is 582 g/mol. The molecule has 0 aromatic heterocycles. The Kier molecular flexibility index (Phi) is 7.14. The van der Waals surface area contributed by atoms with Crippen LogP contribution in [0, 0.1) is 0 Å². The molecule has 2 aromatic rings. The Morgan fingerprint density at radius 3 is 2.39 bits per heavy atom. The van der Waals surface area contributed by atoms with E-state index in [1.165, 1.54) is 4.31 Å². The van der Waals surface area contributed by atoms with E-state index in [1.54, 1.807) is 42.5 Å². The van der Waals surface area contributed by atoms with E-state index in [2.05, 4.69) is 10.2 Å². The Labute approximate surface area is 237 Å². The van der Waals surface area contributed by atoms with Gasteiger partial charge in [0.15, 0.2) is 0 Å². The molecule has 3 fully saturated rings. The molecule has 0 bridgehead atoms. The number of rotatable bonds is 7. The fourth-order valence-electron chi connectivity index (χ4n) is 5.77. The molecule has 4 amide bonds. The molecule has 0 spiro atoms. The third kappa shape index (κ3) is 5.25. The molecule has 6 rings (SSSR count). The number of carbonyl (C=O) groups is 4. The molecule has 1 atom stereocenters. The highest BCUT2D eigenvalue weighted by atomic mass is 32.2. The van der Waals surface area contributed by atoms with Gasteiger partial charge in [0, 0.05) is 51.3 Å². The third-order valence-corrected chi connectivity index (χ3v) is 9.97. The van der Waals surface area contributed by atoms with Gasteiger partial charge < -0.3 is 10.5 Å². The summed E-state index contributed by atoms with van der Waals surface area (Å²) in [4.78, 5) is 53.0. The quantitative estimate of drug-likeness (QED) is 0.443. The molecule has 41 heavy (non-hydrogen) atoms. The van der Waals surface area contributed by atoms with Crippen molar-refractivity contribution in [2.24, 2.45) is 5.73 Å². The van der Waals surface area contributed by atoms with Crippen LogP contribution in [0.25, 0.3) is 0 Å². The van der Waals surface area contributed by atoms with Gasteiger partial charge >= 0.3 is 0 Å². The predicted octanol–water partition coefficient (Wildman–Crippen LogP) is 0.463. The van der Waals surface area contributed by atoms with E-state index >= 15 is 0 Å². The summed E-state index contributed by atoms with van der Waals surface area (Å²) in [5, 5.41) is 2.20. The molecule has 0 radical (unpaired) electrons. The Morgan fingerprint density at radius 2 is 1.66 bits per heavy atom. The number of nitrogens with two attached hydrogens (primary N) is 1. The molecule has 0 aliphatic carbocycles. The normalized spacial score (nSPS) is 23.0. The molecule has 12 nitrogen and oxygen atoms in total. The van der Waals surface area contributed by atoms with E-state index in [-0.39, 0.29) is 41.0 Å². The van der Waals surface area contributed by atoms with Crippen molar-refractivity contribution in [3.8, 4) is 5.75 Å². The second-order valence-electron chi connectivity index (χ2n) is 11.0. The first kappa shape index (κ1) is 27.5. The monoisotopic (exact) mass is 581 g/mol. The van der Waals surface area contributed by atoms with Crippen LogP contribution in [0.1, 0.15) is 52.0 Å². The van der Waals surface area contributed by atoms with Crippen molar-refractivity contribution in [3.05, 3.63) is 59.2 Å². The number of amides is 4. The predicted molar refractivity (Wildman–Crippen MR) is 145 cm³/mol. The summed E-state index contributed by atoms with van der Waals surface area (Å²) < 4.78 is 33.7. The first-order chi connectivity index (χ1) is 19.6. The number of hydrogen-bond donors (Lipinski definition) is 2. The lowest BCUT2D eigenvalue weighted by Crippen LogP contribution is -2.54. The number of hydrogen-bond acceptors (Lipinski definition) is 9. The number of nitrogens with zero attached hydrogens (tertiary/aromatic N) is 3. The molecule has 13 heteroatoms. The van der Waals surface area contributed by atoms with Crippen LogP contribution in [0.15, 0.2) is 47.4 Å². The van der Waals surface area contributed by atoms with Crippen LogP contribution in [0.3, 0.4) is 0 Å². The van der Waals surface area contributed by atoms with E-state index in [9.17, 15) is 27.6 Å². The maximum atomic E-state index is 13.1. The van der Waals surface area contributed by atoms with E-state index < -0.39 is 39.7 Å². The van der Waals surface area contributed by atoms with Crippen molar-refractivity contribution in [2.75, 3.05) is 26.2 Å². The van der Waals surface area contributed by atoms with Crippen molar-refractivity contribution in [1.82, 2.24) is 19.4 Å². The first-order valence-corrected chi connectivity index (χ1v) is 15.1. The number of sulfonamides is 1. The molecule has 4 aliphatic heterocycles. The molecule has 0 saturated carbocycles. The fraction of sp³-hybridized carbons (Fsp3) is 0.429. The number of piperidine rings is 2.